The molecular formula is C12H23N3O3. The normalized spacial score (nSPS) is 18.8. The molecule has 104 valence electrons. The van der Waals surface area contributed by atoms with E-state index in [9.17, 15) is 9.59 Å². The van der Waals surface area contributed by atoms with E-state index in [2.05, 4.69) is 10.2 Å². The van der Waals surface area contributed by atoms with Crippen LogP contribution in [0.2, 0.25) is 0 Å². The molecule has 2 amide bonds. The van der Waals surface area contributed by atoms with Crippen molar-refractivity contribution in [2.45, 2.75) is 26.3 Å². The summed E-state index contributed by atoms with van der Waals surface area (Å²) in [4.78, 5) is 26.8. The first kappa shape index (κ1) is 14.8. The lowest BCUT2D eigenvalue weighted by molar-refractivity contribution is -0.139. The summed E-state index contributed by atoms with van der Waals surface area (Å²) in [5.74, 6) is -0.731. The summed E-state index contributed by atoms with van der Waals surface area (Å²) in [6, 6.07) is -1.06. The molecule has 0 saturated carbocycles. The van der Waals surface area contributed by atoms with Crippen LogP contribution in [0.5, 0.6) is 0 Å². The fourth-order valence-electron chi connectivity index (χ4n) is 1.94. The highest BCUT2D eigenvalue weighted by Gasteiger charge is 2.25. The Balaban J connectivity index is 2.48. The van der Waals surface area contributed by atoms with E-state index in [0.29, 0.717) is 19.5 Å². The van der Waals surface area contributed by atoms with Crippen LogP contribution in [0, 0.1) is 5.92 Å². The molecule has 0 radical (unpaired) electrons. The minimum Gasteiger partial charge on any atom is -0.480 e. The number of carboxylic acid groups (broad SMARTS) is 1. The first-order valence-corrected chi connectivity index (χ1v) is 6.37. The van der Waals surface area contributed by atoms with Crippen molar-refractivity contribution in [2.75, 3.05) is 33.2 Å². The van der Waals surface area contributed by atoms with E-state index in [1.54, 1.807) is 4.90 Å². The van der Waals surface area contributed by atoms with Crippen LogP contribution in [0.4, 0.5) is 4.79 Å². The number of carboxylic acids is 1. The van der Waals surface area contributed by atoms with Gasteiger partial charge in [-0.3, -0.25) is 0 Å². The van der Waals surface area contributed by atoms with E-state index in [4.69, 9.17) is 5.11 Å². The fourth-order valence-corrected chi connectivity index (χ4v) is 1.94. The number of carbonyl (C=O) groups excluding carboxylic acids is 1. The molecule has 1 atom stereocenters. The van der Waals surface area contributed by atoms with Gasteiger partial charge in [-0.1, -0.05) is 13.8 Å². The molecule has 0 aliphatic carbocycles. The van der Waals surface area contributed by atoms with Crippen molar-refractivity contribution in [3.63, 3.8) is 0 Å². The molecule has 6 nitrogen and oxygen atoms in total. The van der Waals surface area contributed by atoms with Crippen LogP contribution in [0.15, 0.2) is 0 Å². The zero-order chi connectivity index (χ0) is 13.7. The zero-order valence-corrected chi connectivity index (χ0v) is 11.3. The van der Waals surface area contributed by atoms with Crippen LogP contribution in [0.25, 0.3) is 0 Å². The molecular weight excluding hydrogens is 234 g/mol. The van der Waals surface area contributed by atoms with Crippen molar-refractivity contribution >= 4 is 12.0 Å². The molecule has 18 heavy (non-hydrogen) atoms. The smallest absolute Gasteiger partial charge is 0.326 e. The number of carbonyl (C=O) groups is 2. The van der Waals surface area contributed by atoms with Gasteiger partial charge >= 0.3 is 12.0 Å². The van der Waals surface area contributed by atoms with Crippen molar-refractivity contribution in [3.8, 4) is 0 Å². The third kappa shape index (κ3) is 4.52. The molecule has 1 rings (SSSR count). The van der Waals surface area contributed by atoms with Gasteiger partial charge in [0.25, 0.3) is 0 Å². The van der Waals surface area contributed by atoms with E-state index >= 15 is 0 Å². The predicted octanol–water partition coefficient (Wildman–Crippen LogP) is 0.443. The number of piperazine rings is 1. The molecule has 0 aromatic carbocycles. The summed E-state index contributed by atoms with van der Waals surface area (Å²) in [5.41, 5.74) is 0. The second-order valence-electron chi connectivity index (χ2n) is 5.26. The monoisotopic (exact) mass is 257 g/mol. The summed E-state index contributed by atoms with van der Waals surface area (Å²) in [5, 5.41) is 11.7. The maximum atomic E-state index is 11.9. The number of likely N-dealkylation sites (N-methyl/N-ethyl adjacent to an activating group) is 1. The summed E-state index contributed by atoms with van der Waals surface area (Å²) >= 11 is 0. The highest BCUT2D eigenvalue weighted by atomic mass is 16.4. The lowest BCUT2D eigenvalue weighted by Crippen LogP contribution is -2.54. The lowest BCUT2D eigenvalue weighted by Gasteiger charge is -2.33. The number of aliphatic carboxylic acids is 1. The van der Waals surface area contributed by atoms with Gasteiger partial charge in [-0.15, -0.1) is 0 Å². The van der Waals surface area contributed by atoms with E-state index in [-0.39, 0.29) is 11.9 Å². The summed E-state index contributed by atoms with van der Waals surface area (Å²) in [6.07, 6.45) is 0.453. The summed E-state index contributed by atoms with van der Waals surface area (Å²) in [6.45, 7) is 6.84. The maximum Gasteiger partial charge on any atom is 0.326 e. The molecule has 1 saturated heterocycles. The van der Waals surface area contributed by atoms with Gasteiger partial charge in [-0.2, -0.15) is 0 Å². The van der Waals surface area contributed by atoms with Crippen molar-refractivity contribution in [2.24, 2.45) is 5.92 Å². The van der Waals surface area contributed by atoms with E-state index in [1.165, 1.54) is 0 Å². The van der Waals surface area contributed by atoms with Crippen LogP contribution >= 0.6 is 0 Å². The van der Waals surface area contributed by atoms with Gasteiger partial charge in [0, 0.05) is 26.2 Å². The fraction of sp³-hybridized carbons (Fsp3) is 0.833. The van der Waals surface area contributed by atoms with Gasteiger partial charge < -0.3 is 20.2 Å². The van der Waals surface area contributed by atoms with E-state index < -0.39 is 12.0 Å². The summed E-state index contributed by atoms with van der Waals surface area (Å²) < 4.78 is 0. The predicted molar refractivity (Wildman–Crippen MR) is 68.5 cm³/mol. The first-order chi connectivity index (χ1) is 8.40. The Morgan fingerprint density at radius 2 is 1.78 bits per heavy atom. The minimum absolute atomic E-state index is 0.235. The van der Waals surface area contributed by atoms with Crippen molar-refractivity contribution in [1.29, 1.82) is 0 Å². The highest BCUT2D eigenvalue weighted by molar-refractivity contribution is 5.82. The number of rotatable bonds is 4. The van der Waals surface area contributed by atoms with Crippen LogP contribution in [-0.2, 0) is 4.79 Å². The van der Waals surface area contributed by atoms with Gasteiger partial charge in [-0.25, -0.2) is 9.59 Å². The van der Waals surface area contributed by atoms with Crippen molar-refractivity contribution in [1.82, 2.24) is 15.1 Å². The molecule has 0 spiro atoms. The Bertz CT molecular complexity index is 299. The number of hydrogen-bond acceptors (Lipinski definition) is 3. The van der Waals surface area contributed by atoms with E-state index in [1.807, 2.05) is 20.9 Å². The molecule has 1 fully saturated rings. The second kappa shape index (κ2) is 6.58. The maximum absolute atomic E-state index is 11.9. The summed E-state index contributed by atoms with van der Waals surface area (Å²) in [7, 11) is 2.01. The topological polar surface area (TPSA) is 72.9 Å². The molecule has 0 bridgehead atoms. The standard InChI is InChI=1S/C12H23N3O3/c1-9(2)8-10(11(16)17)13-12(18)15-6-4-14(3)5-7-15/h9-10H,4-8H2,1-3H3,(H,13,18)(H,16,17). The van der Waals surface area contributed by atoms with Crippen LogP contribution in [-0.4, -0.2) is 66.2 Å². The van der Waals surface area contributed by atoms with Gasteiger partial charge in [0.15, 0.2) is 0 Å². The third-order valence-corrected chi connectivity index (χ3v) is 3.09. The van der Waals surface area contributed by atoms with E-state index in [0.717, 1.165) is 13.1 Å². The average Bonchev–Trinajstić information content (AvgIpc) is 2.28. The minimum atomic E-state index is -0.967. The zero-order valence-electron chi connectivity index (χ0n) is 11.3. The Hall–Kier alpha value is -1.30. The largest absolute Gasteiger partial charge is 0.480 e. The number of hydrogen-bond donors (Lipinski definition) is 2. The second-order valence-corrected chi connectivity index (χ2v) is 5.26. The van der Waals surface area contributed by atoms with Gasteiger partial charge in [0.2, 0.25) is 0 Å². The molecule has 0 aromatic heterocycles. The SMILES string of the molecule is CC(C)CC(NC(=O)N1CCN(C)CC1)C(=O)O. The van der Waals surface area contributed by atoms with Crippen LogP contribution < -0.4 is 5.32 Å². The number of nitrogens with zero attached hydrogens (tertiary/aromatic N) is 2. The Labute approximate surface area is 108 Å². The lowest BCUT2D eigenvalue weighted by atomic mass is 10.0. The molecule has 1 unspecified atom stereocenters. The first-order valence-electron chi connectivity index (χ1n) is 6.37. The Morgan fingerprint density at radius 3 is 2.22 bits per heavy atom. The third-order valence-electron chi connectivity index (χ3n) is 3.09. The average molecular weight is 257 g/mol. The Kier molecular flexibility index (Phi) is 5.40. The molecule has 1 aliphatic rings. The van der Waals surface area contributed by atoms with Gasteiger partial charge in [0.05, 0.1) is 0 Å². The van der Waals surface area contributed by atoms with Crippen LogP contribution in [0.3, 0.4) is 0 Å². The molecule has 6 heteroatoms. The Morgan fingerprint density at radius 1 is 1.22 bits per heavy atom. The number of urea groups is 1. The van der Waals surface area contributed by atoms with Crippen molar-refractivity contribution in [3.05, 3.63) is 0 Å². The van der Waals surface area contributed by atoms with Crippen molar-refractivity contribution < 1.29 is 14.7 Å². The molecule has 1 aliphatic heterocycles. The number of nitrogens with one attached hydrogen (secondary N) is 1. The molecule has 0 aromatic rings. The van der Waals surface area contributed by atoms with Gasteiger partial charge in [0.1, 0.15) is 6.04 Å². The van der Waals surface area contributed by atoms with Crippen LogP contribution in [0.1, 0.15) is 20.3 Å². The molecule has 2 N–H and O–H groups in total. The quantitative estimate of drug-likeness (QED) is 0.766. The van der Waals surface area contributed by atoms with Gasteiger partial charge in [-0.05, 0) is 19.4 Å². The highest BCUT2D eigenvalue weighted by Crippen LogP contribution is 2.06. The molecule has 1 heterocycles. The number of amides is 2.